The molecule has 1 aliphatic rings. The van der Waals surface area contributed by atoms with E-state index in [0.717, 1.165) is 30.2 Å². The van der Waals surface area contributed by atoms with Gasteiger partial charge in [0.05, 0.1) is 17.9 Å². The molecule has 2 aromatic rings. The van der Waals surface area contributed by atoms with Gasteiger partial charge >= 0.3 is 0 Å². The Hall–Kier alpha value is -1.30. The fourth-order valence-corrected chi connectivity index (χ4v) is 3.73. The number of fused-ring (bicyclic) bond motifs is 1. The molecule has 0 spiro atoms. The highest BCUT2D eigenvalue weighted by Gasteiger charge is 2.26. The zero-order valence-electron chi connectivity index (χ0n) is 12.4. The summed E-state index contributed by atoms with van der Waals surface area (Å²) in [5, 5.41) is 4.81. The molecule has 0 bridgehead atoms. The van der Waals surface area contributed by atoms with Gasteiger partial charge in [-0.2, -0.15) is 16.9 Å². The number of rotatable bonds is 5. The maximum atomic E-state index is 5.50. The molecule has 0 aliphatic carbocycles. The van der Waals surface area contributed by atoms with Crippen molar-refractivity contribution < 1.29 is 9.47 Å². The van der Waals surface area contributed by atoms with Crippen molar-refractivity contribution in [1.82, 2.24) is 9.78 Å². The third-order valence-corrected chi connectivity index (χ3v) is 4.72. The molecule has 0 amide bonds. The van der Waals surface area contributed by atoms with E-state index in [2.05, 4.69) is 24.3 Å². The van der Waals surface area contributed by atoms with Crippen LogP contribution in [0.1, 0.15) is 28.8 Å². The highest BCUT2D eigenvalue weighted by molar-refractivity contribution is 7.98. The molecule has 4 nitrogen and oxygen atoms in total. The van der Waals surface area contributed by atoms with Crippen LogP contribution >= 0.6 is 11.8 Å². The Labute approximate surface area is 129 Å². The SMILES string of the molecule is COC(OC)c1c2c(nn1Cc1ccccc1)CCSC2. The number of thioether (sulfide) groups is 1. The first-order valence-corrected chi connectivity index (χ1v) is 8.24. The zero-order valence-corrected chi connectivity index (χ0v) is 13.2. The third kappa shape index (κ3) is 3.00. The van der Waals surface area contributed by atoms with Crippen molar-refractivity contribution in [1.29, 1.82) is 0 Å². The minimum absolute atomic E-state index is 0.358. The van der Waals surface area contributed by atoms with Crippen molar-refractivity contribution >= 4 is 11.8 Å². The standard InChI is InChI=1S/C16H20N2O2S/c1-19-16(20-2)15-13-11-21-9-8-14(13)17-18(15)10-12-6-4-3-5-7-12/h3-7,16H,8-11H2,1-2H3. The van der Waals surface area contributed by atoms with Crippen LogP contribution in [0, 0.1) is 0 Å². The van der Waals surface area contributed by atoms with E-state index < -0.39 is 0 Å². The van der Waals surface area contributed by atoms with Gasteiger partial charge in [-0.05, 0) is 11.3 Å². The molecule has 0 unspecified atom stereocenters. The largest absolute Gasteiger partial charge is 0.350 e. The minimum Gasteiger partial charge on any atom is -0.350 e. The van der Waals surface area contributed by atoms with E-state index in [-0.39, 0.29) is 6.29 Å². The fourth-order valence-electron chi connectivity index (χ4n) is 2.73. The molecule has 1 aromatic carbocycles. The molecule has 0 saturated carbocycles. The molecule has 0 N–H and O–H groups in total. The van der Waals surface area contributed by atoms with E-state index >= 15 is 0 Å². The number of aromatic nitrogens is 2. The summed E-state index contributed by atoms with van der Waals surface area (Å²) in [6.45, 7) is 0.747. The molecule has 1 aliphatic heterocycles. The second kappa shape index (κ2) is 6.64. The van der Waals surface area contributed by atoms with Gasteiger partial charge < -0.3 is 9.47 Å². The number of methoxy groups -OCH3 is 2. The zero-order chi connectivity index (χ0) is 14.7. The van der Waals surface area contributed by atoms with E-state index in [0.29, 0.717) is 0 Å². The number of benzene rings is 1. The molecule has 1 aromatic heterocycles. The second-order valence-corrected chi connectivity index (χ2v) is 6.16. The molecule has 0 radical (unpaired) electrons. The predicted octanol–water partition coefficient (Wildman–Crippen LogP) is 3.01. The Kier molecular flexibility index (Phi) is 4.63. The van der Waals surface area contributed by atoms with E-state index in [1.807, 2.05) is 22.5 Å². The Morgan fingerprint density at radius 1 is 1.24 bits per heavy atom. The summed E-state index contributed by atoms with van der Waals surface area (Å²) in [6, 6.07) is 10.4. The highest BCUT2D eigenvalue weighted by atomic mass is 32.2. The van der Waals surface area contributed by atoms with Crippen LogP contribution in [-0.4, -0.2) is 29.8 Å². The average molecular weight is 304 g/mol. The summed E-state index contributed by atoms with van der Waals surface area (Å²) < 4.78 is 13.0. The van der Waals surface area contributed by atoms with Gasteiger partial charge in [0.1, 0.15) is 0 Å². The Bertz CT molecular complexity index is 594. The Balaban J connectivity index is 2.00. The van der Waals surface area contributed by atoms with Crippen molar-refractivity contribution in [2.75, 3.05) is 20.0 Å². The summed E-state index contributed by atoms with van der Waals surface area (Å²) in [7, 11) is 3.35. The lowest BCUT2D eigenvalue weighted by molar-refractivity contribution is -0.111. The first-order valence-electron chi connectivity index (χ1n) is 7.09. The van der Waals surface area contributed by atoms with Gasteiger partial charge in [-0.1, -0.05) is 30.3 Å². The first kappa shape index (κ1) is 14.6. The van der Waals surface area contributed by atoms with Crippen LogP contribution in [0.2, 0.25) is 0 Å². The average Bonchev–Trinajstić information content (AvgIpc) is 2.88. The first-order chi connectivity index (χ1) is 10.3. The van der Waals surface area contributed by atoms with E-state index in [4.69, 9.17) is 14.6 Å². The van der Waals surface area contributed by atoms with E-state index in [9.17, 15) is 0 Å². The number of hydrogen-bond donors (Lipinski definition) is 0. The number of aryl methyl sites for hydroxylation is 1. The lowest BCUT2D eigenvalue weighted by Crippen LogP contribution is -2.15. The van der Waals surface area contributed by atoms with Gasteiger partial charge in [-0.25, -0.2) is 0 Å². The summed E-state index contributed by atoms with van der Waals surface area (Å²) in [4.78, 5) is 0. The third-order valence-electron chi connectivity index (χ3n) is 3.73. The summed E-state index contributed by atoms with van der Waals surface area (Å²) in [5.74, 6) is 2.13. The summed E-state index contributed by atoms with van der Waals surface area (Å²) in [5.41, 5.74) is 4.78. The normalized spacial score (nSPS) is 14.4. The second-order valence-electron chi connectivity index (χ2n) is 5.06. The Morgan fingerprint density at radius 3 is 2.71 bits per heavy atom. The van der Waals surface area contributed by atoms with Crippen molar-refractivity contribution in [3.05, 3.63) is 52.8 Å². The van der Waals surface area contributed by atoms with Gasteiger partial charge in [-0.3, -0.25) is 4.68 Å². The molecule has 3 rings (SSSR count). The van der Waals surface area contributed by atoms with Gasteiger partial charge in [0.2, 0.25) is 6.29 Å². The smallest absolute Gasteiger partial charge is 0.200 e. The maximum absolute atomic E-state index is 5.50. The number of nitrogens with zero attached hydrogens (tertiary/aromatic N) is 2. The van der Waals surface area contributed by atoms with Crippen LogP contribution in [0.15, 0.2) is 30.3 Å². The monoisotopic (exact) mass is 304 g/mol. The van der Waals surface area contributed by atoms with Crippen molar-refractivity contribution in [2.45, 2.75) is 25.0 Å². The lowest BCUT2D eigenvalue weighted by Gasteiger charge is -2.18. The van der Waals surface area contributed by atoms with Crippen LogP contribution in [0.5, 0.6) is 0 Å². The van der Waals surface area contributed by atoms with Gasteiger partial charge in [0.15, 0.2) is 0 Å². The fraction of sp³-hybridized carbons (Fsp3) is 0.438. The summed E-state index contributed by atoms with van der Waals surface area (Å²) >= 11 is 1.95. The van der Waals surface area contributed by atoms with Crippen LogP contribution in [0.25, 0.3) is 0 Å². The number of hydrogen-bond acceptors (Lipinski definition) is 4. The van der Waals surface area contributed by atoms with Gasteiger partial charge in [-0.15, -0.1) is 0 Å². The quantitative estimate of drug-likeness (QED) is 0.796. The molecular weight excluding hydrogens is 284 g/mol. The molecule has 112 valence electrons. The van der Waals surface area contributed by atoms with Crippen LogP contribution in [0.4, 0.5) is 0 Å². The topological polar surface area (TPSA) is 36.3 Å². The van der Waals surface area contributed by atoms with E-state index in [1.165, 1.54) is 16.8 Å². The molecule has 21 heavy (non-hydrogen) atoms. The highest BCUT2D eigenvalue weighted by Crippen LogP contribution is 2.32. The van der Waals surface area contributed by atoms with Gasteiger partial charge in [0, 0.05) is 32.0 Å². The molecular formula is C16H20N2O2S. The molecule has 2 heterocycles. The lowest BCUT2D eigenvalue weighted by atomic mass is 10.1. The Morgan fingerprint density at radius 2 is 2.00 bits per heavy atom. The molecule has 0 fully saturated rings. The predicted molar refractivity (Wildman–Crippen MR) is 84.4 cm³/mol. The van der Waals surface area contributed by atoms with Crippen LogP contribution in [0.3, 0.4) is 0 Å². The van der Waals surface area contributed by atoms with Crippen molar-refractivity contribution in [3.63, 3.8) is 0 Å². The molecule has 5 heteroatoms. The van der Waals surface area contributed by atoms with E-state index in [1.54, 1.807) is 14.2 Å². The van der Waals surface area contributed by atoms with Gasteiger partial charge in [0.25, 0.3) is 0 Å². The van der Waals surface area contributed by atoms with Crippen molar-refractivity contribution in [2.24, 2.45) is 0 Å². The minimum atomic E-state index is -0.358. The molecule has 0 atom stereocenters. The molecule has 0 saturated heterocycles. The number of ether oxygens (including phenoxy) is 2. The summed E-state index contributed by atoms with van der Waals surface area (Å²) in [6.07, 6.45) is 0.665. The van der Waals surface area contributed by atoms with Crippen LogP contribution < -0.4 is 0 Å². The maximum Gasteiger partial charge on any atom is 0.200 e. The van der Waals surface area contributed by atoms with Crippen molar-refractivity contribution in [3.8, 4) is 0 Å². The van der Waals surface area contributed by atoms with Crippen LogP contribution in [-0.2, 0) is 28.2 Å².